The Morgan fingerprint density at radius 3 is 2.39 bits per heavy atom. The van der Waals surface area contributed by atoms with Gasteiger partial charge in [0.1, 0.15) is 11.9 Å². The molecule has 2 aliphatic heterocycles. The summed E-state index contributed by atoms with van der Waals surface area (Å²) in [5.74, 6) is 0.729. The molecule has 1 atom stereocenters. The van der Waals surface area contributed by atoms with Crippen LogP contribution in [-0.4, -0.2) is 39.6 Å². The molecule has 0 bridgehead atoms. The van der Waals surface area contributed by atoms with Gasteiger partial charge in [0.15, 0.2) is 5.78 Å². The second-order valence-corrected chi connectivity index (χ2v) is 11.4. The van der Waals surface area contributed by atoms with E-state index in [4.69, 9.17) is 9.47 Å². The van der Waals surface area contributed by atoms with Gasteiger partial charge in [0.05, 0.1) is 16.1 Å². The summed E-state index contributed by atoms with van der Waals surface area (Å²) in [6.45, 7) is 5.34. The molecule has 0 amide bonds. The van der Waals surface area contributed by atoms with Crippen molar-refractivity contribution in [1.29, 1.82) is 0 Å². The van der Waals surface area contributed by atoms with Crippen molar-refractivity contribution in [2.24, 2.45) is 5.92 Å². The zero-order valence-electron chi connectivity index (χ0n) is 19.2. The third-order valence-electron chi connectivity index (χ3n) is 7.26. The van der Waals surface area contributed by atoms with Crippen LogP contribution in [0.3, 0.4) is 0 Å². The molecule has 7 heteroatoms. The Bertz CT molecular complexity index is 1170. The summed E-state index contributed by atoms with van der Waals surface area (Å²) in [5.41, 5.74) is 3.11. The molecule has 2 aromatic carbocycles. The lowest BCUT2D eigenvalue weighted by Crippen LogP contribution is -2.44. The molecule has 0 radical (unpaired) electrons. The van der Waals surface area contributed by atoms with E-state index in [1.165, 1.54) is 6.07 Å². The Morgan fingerprint density at radius 2 is 1.73 bits per heavy atom. The number of hydrogen-bond donors (Lipinski definition) is 0. The number of ketones is 1. The topological polar surface area (TPSA) is 72.9 Å². The highest BCUT2D eigenvalue weighted by Crippen LogP contribution is 2.39. The zero-order chi connectivity index (χ0) is 23.2. The molecule has 6 nitrogen and oxygen atoms in total. The summed E-state index contributed by atoms with van der Waals surface area (Å²) >= 11 is 0. The van der Waals surface area contributed by atoms with E-state index < -0.39 is 10.0 Å². The average Bonchev–Trinajstić information content (AvgIpc) is 2.77. The first-order chi connectivity index (χ1) is 15.8. The third kappa shape index (κ3) is 4.17. The molecular weight excluding hydrogens is 438 g/mol. The number of sulfonamides is 1. The largest absolute Gasteiger partial charge is 0.489 e. The standard InChI is InChI=1S/C26H31NO5S/c1-17-6-8-23(18(2)14-17)27(20-4-3-5-20)33(29,30)21-7-9-25-22(15-21)24(28)16-26(32-25)19-10-12-31-13-11-19/h6-9,14-15,19-20,26H,3-5,10-13,16H2,1-2H3. The Hall–Kier alpha value is -2.38. The molecule has 1 aliphatic carbocycles. The quantitative estimate of drug-likeness (QED) is 0.628. The maximum Gasteiger partial charge on any atom is 0.264 e. The van der Waals surface area contributed by atoms with E-state index in [2.05, 4.69) is 0 Å². The van der Waals surface area contributed by atoms with Crippen LogP contribution in [0.5, 0.6) is 5.75 Å². The fourth-order valence-corrected chi connectivity index (χ4v) is 6.95. The van der Waals surface area contributed by atoms with Gasteiger partial charge in [0.25, 0.3) is 10.0 Å². The van der Waals surface area contributed by atoms with E-state index >= 15 is 0 Å². The van der Waals surface area contributed by atoms with E-state index in [9.17, 15) is 13.2 Å². The smallest absolute Gasteiger partial charge is 0.264 e. The lowest BCUT2D eigenvalue weighted by Gasteiger charge is -2.39. The van der Waals surface area contributed by atoms with Crippen LogP contribution in [0.2, 0.25) is 0 Å². The van der Waals surface area contributed by atoms with Crippen LogP contribution in [0, 0.1) is 19.8 Å². The molecule has 0 spiro atoms. The SMILES string of the molecule is Cc1ccc(N(C2CCC2)S(=O)(=O)c2ccc3c(c2)C(=O)CC(C2CCOCC2)O3)c(C)c1. The van der Waals surface area contributed by atoms with Gasteiger partial charge < -0.3 is 9.47 Å². The molecule has 3 aliphatic rings. The predicted octanol–water partition coefficient (Wildman–Crippen LogP) is 4.81. The minimum absolute atomic E-state index is 0.0495. The first-order valence-electron chi connectivity index (χ1n) is 11.9. The second-order valence-electron chi connectivity index (χ2n) is 9.57. The summed E-state index contributed by atoms with van der Waals surface area (Å²) in [7, 11) is -3.83. The number of Topliss-reactive ketones (excluding diaryl/α,β-unsaturated/α-hetero) is 1. The number of hydrogen-bond acceptors (Lipinski definition) is 5. The van der Waals surface area contributed by atoms with E-state index in [0.29, 0.717) is 30.2 Å². The summed E-state index contributed by atoms with van der Waals surface area (Å²) in [6.07, 6.45) is 4.57. The highest BCUT2D eigenvalue weighted by atomic mass is 32.2. The van der Waals surface area contributed by atoms with Crippen LogP contribution < -0.4 is 9.04 Å². The molecule has 2 aromatic rings. The minimum atomic E-state index is -3.83. The van der Waals surface area contributed by atoms with Gasteiger partial charge in [-0.05, 0) is 75.8 Å². The molecule has 1 saturated carbocycles. The average molecular weight is 470 g/mol. The molecule has 33 heavy (non-hydrogen) atoms. The highest BCUT2D eigenvalue weighted by molar-refractivity contribution is 7.92. The molecule has 0 aromatic heterocycles. The number of anilines is 1. The number of carbonyl (C=O) groups excluding carboxylic acids is 1. The summed E-state index contributed by atoms with van der Waals surface area (Å²) in [6, 6.07) is 10.6. The van der Waals surface area contributed by atoms with E-state index in [1.54, 1.807) is 16.4 Å². The number of rotatable bonds is 5. The van der Waals surface area contributed by atoms with Crippen molar-refractivity contribution >= 4 is 21.5 Å². The molecule has 1 unspecified atom stereocenters. The summed E-state index contributed by atoms with van der Waals surface area (Å²) in [5, 5.41) is 0. The fraction of sp³-hybridized carbons (Fsp3) is 0.500. The number of nitrogens with zero attached hydrogens (tertiary/aromatic N) is 1. The second kappa shape index (κ2) is 8.76. The minimum Gasteiger partial charge on any atom is -0.489 e. The normalized spacial score (nSPS) is 21.8. The molecule has 5 rings (SSSR count). The lowest BCUT2D eigenvalue weighted by molar-refractivity contribution is 0.0119. The summed E-state index contributed by atoms with van der Waals surface area (Å²) in [4.78, 5) is 13.2. The van der Waals surface area contributed by atoms with Crippen molar-refractivity contribution in [3.8, 4) is 5.75 Å². The van der Waals surface area contributed by atoms with Crippen LogP contribution in [0.1, 0.15) is 60.0 Å². The molecule has 2 fully saturated rings. The van der Waals surface area contributed by atoms with Crippen molar-refractivity contribution in [2.75, 3.05) is 17.5 Å². The van der Waals surface area contributed by atoms with Crippen molar-refractivity contribution in [3.05, 3.63) is 53.1 Å². The molecular formula is C26H31NO5S. The maximum atomic E-state index is 13.9. The van der Waals surface area contributed by atoms with Crippen LogP contribution in [-0.2, 0) is 14.8 Å². The maximum absolute atomic E-state index is 13.9. The van der Waals surface area contributed by atoms with Gasteiger partial charge >= 0.3 is 0 Å². The highest BCUT2D eigenvalue weighted by Gasteiger charge is 2.38. The van der Waals surface area contributed by atoms with Crippen LogP contribution in [0.25, 0.3) is 0 Å². The van der Waals surface area contributed by atoms with Gasteiger partial charge in [0.2, 0.25) is 0 Å². The van der Waals surface area contributed by atoms with Crippen LogP contribution >= 0.6 is 0 Å². The first-order valence-corrected chi connectivity index (χ1v) is 13.3. The Labute approximate surface area is 195 Å². The van der Waals surface area contributed by atoms with Crippen molar-refractivity contribution in [1.82, 2.24) is 0 Å². The predicted molar refractivity (Wildman–Crippen MR) is 127 cm³/mol. The number of aryl methyl sites for hydroxylation is 2. The van der Waals surface area contributed by atoms with Crippen LogP contribution in [0.15, 0.2) is 41.3 Å². The number of fused-ring (bicyclic) bond motifs is 1. The van der Waals surface area contributed by atoms with Crippen molar-refractivity contribution in [2.45, 2.75) is 69.4 Å². The molecule has 0 N–H and O–H groups in total. The third-order valence-corrected chi connectivity index (χ3v) is 9.12. The van der Waals surface area contributed by atoms with Crippen molar-refractivity contribution < 1.29 is 22.7 Å². The lowest BCUT2D eigenvalue weighted by atomic mass is 9.87. The molecule has 1 saturated heterocycles. The van der Waals surface area contributed by atoms with Crippen LogP contribution in [0.4, 0.5) is 5.69 Å². The van der Waals surface area contributed by atoms with Gasteiger partial charge in [-0.25, -0.2) is 8.42 Å². The van der Waals surface area contributed by atoms with E-state index in [-0.39, 0.29) is 35.2 Å². The van der Waals surface area contributed by atoms with E-state index in [0.717, 1.165) is 43.2 Å². The molecule has 176 valence electrons. The fourth-order valence-electron chi connectivity index (χ4n) is 5.15. The van der Waals surface area contributed by atoms with Gasteiger partial charge in [-0.3, -0.25) is 9.10 Å². The Balaban J connectivity index is 1.48. The number of benzene rings is 2. The Morgan fingerprint density at radius 1 is 0.970 bits per heavy atom. The van der Waals surface area contributed by atoms with Gasteiger partial charge in [0, 0.05) is 31.6 Å². The Kier molecular flexibility index (Phi) is 5.95. The van der Waals surface area contributed by atoms with Gasteiger partial charge in [-0.15, -0.1) is 0 Å². The summed E-state index contributed by atoms with van der Waals surface area (Å²) < 4.78 is 40.9. The number of ether oxygens (including phenoxy) is 2. The monoisotopic (exact) mass is 469 g/mol. The number of carbonyl (C=O) groups is 1. The first kappa shape index (κ1) is 22.4. The van der Waals surface area contributed by atoms with Gasteiger partial charge in [-0.1, -0.05) is 17.7 Å². The zero-order valence-corrected chi connectivity index (χ0v) is 20.1. The molecule has 2 heterocycles. The van der Waals surface area contributed by atoms with Crippen molar-refractivity contribution in [3.63, 3.8) is 0 Å². The van der Waals surface area contributed by atoms with Gasteiger partial charge in [-0.2, -0.15) is 0 Å². The van der Waals surface area contributed by atoms with E-state index in [1.807, 2.05) is 32.0 Å².